The molecule has 1 aliphatic heterocycles. The van der Waals surface area contributed by atoms with Crippen LogP contribution in [0, 0.1) is 0 Å². The summed E-state index contributed by atoms with van der Waals surface area (Å²) < 4.78 is 1.89. The van der Waals surface area contributed by atoms with Crippen molar-refractivity contribution in [3.63, 3.8) is 0 Å². The average Bonchev–Trinajstić information content (AvgIpc) is 3.08. The Morgan fingerprint density at radius 3 is 2.59 bits per heavy atom. The Morgan fingerprint density at radius 2 is 1.88 bits per heavy atom. The van der Waals surface area contributed by atoms with E-state index in [0.29, 0.717) is 19.6 Å². The molecule has 0 radical (unpaired) electrons. The first-order valence-corrected chi connectivity index (χ1v) is 11.9. The van der Waals surface area contributed by atoms with Gasteiger partial charge in [-0.15, -0.1) is 11.6 Å². The van der Waals surface area contributed by atoms with Crippen LogP contribution in [-0.2, 0) is 4.79 Å². The lowest BCUT2D eigenvalue weighted by molar-refractivity contribution is -0.130. The molecular weight excluding hydrogens is 424 g/mol. The van der Waals surface area contributed by atoms with Crippen molar-refractivity contribution in [1.82, 2.24) is 24.6 Å². The van der Waals surface area contributed by atoms with Crippen molar-refractivity contribution < 1.29 is 4.79 Å². The molecule has 1 fully saturated rings. The van der Waals surface area contributed by atoms with Gasteiger partial charge in [-0.05, 0) is 31.9 Å². The molecule has 2 aromatic heterocycles. The topological polar surface area (TPSA) is 67.2 Å². The Kier molecular flexibility index (Phi) is 6.94. The minimum atomic E-state index is -0.502. The van der Waals surface area contributed by atoms with Crippen LogP contribution in [0.4, 0.5) is 5.82 Å². The molecule has 1 amide bonds. The second kappa shape index (κ2) is 9.86. The largest absolute Gasteiger partial charge is 0.354 e. The summed E-state index contributed by atoms with van der Waals surface area (Å²) in [5, 5.41) is 5.10. The molecule has 170 valence electrons. The number of anilines is 1. The van der Waals surface area contributed by atoms with E-state index in [0.717, 1.165) is 54.2 Å². The quantitative estimate of drug-likeness (QED) is 0.517. The molecule has 0 N–H and O–H groups in total. The molecule has 2 unspecified atom stereocenters. The average molecular weight is 455 g/mol. The fourth-order valence-electron chi connectivity index (χ4n) is 4.29. The summed E-state index contributed by atoms with van der Waals surface area (Å²) in [6.45, 7) is 8.98. The van der Waals surface area contributed by atoms with E-state index < -0.39 is 5.38 Å². The third-order valence-corrected chi connectivity index (χ3v) is 6.22. The summed E-state index contributed by atoms with van der Waals surface area (Å²) in [4.78, 5) is 26.5. The third-order valence-electron chi connectivity index (χ3n) is 6.04. The predicted octanol–water partition coefficient (Wildman–Crippen LogP) is 4.39. The van der Waals surface area contributed by atoms with E-state index in [1.165, 1.54) is 0 Å². The van der Waals surface area contributed by atoms with E-state index in [2.05, 4.69) is 23.8 Å². The molecule has 4 rings (SSSR count). The summed E-state index contributed by atoms with van der Waals surface area (Å²) in [5.41, 5.74) is 1.80. The molecule has 8 heteroatoms. The summed E-state index contributed by atoms with van der Waals surface area (Å²) in [6.07, 6.45) is 4.83. The molecule has 0 spiro atoms. The van der Waals surface area contributed by atoms with Gasteiger partial charge in [-0.25, -0.2) is 14.6 Å². The van der Waals surface area contributed by atoms with Crippen LogP contribution in [-0.4, -0.2) is 62.1 Å². The molecular formula is C24H31ClN6O. The second-order valence-electron chi connectivity index (χ2n) is 8.51. The van der Waals surface area contributed by atoms with Crippen molar-refractivity contribution in [3.8, 4) is 5.69 Å². The summed E-state index contributed by atoms with van der Waals surface area (Å²) in [5.74, 6) is 2.00. The Balaban J connectivity index is 1.74. The van der Waals surface area contributed by atoms with Gasteiger partial charge in [0.15, 0.2) is 5.65 Å². The van der Waals surface area contributed by atoms with Crippen LogP contribution in [0.1, 0.15) is 51.8 Å². The molecule has 7 nitrogen and oxygen atoms in total. The Bertz CT molecular complexity index is 1070. The maximum absolute atomic E-state index is 12.4. The van der Waals surface area contributed by atoms with E-state index in [1.54, 1.807) is 6.92 Å². The minimum Gasteiger partial charge on any atom is -0.354 e. The van der Waals surface area contributed by atoms with Crippen molar-refractivity contribution in [2.24, 2.45) is 0 Å². The molecule has 3 heterocycles. The molecule has 0 bridgehead atoms. The van der Waals surface area contributed by atoms with Crippen LogP contribution in [0.25, 0.3) is 16.7 Å². The highest BCUT2D eigenvalue weighted by Crippen LogP contribution is 2.29. The van der Waals surface area contributed by atoms with Gasteiger partial charge >= 0.3 is 0 Å². The van der Waals surface area contributed by atoms with Crippen LogP contribution in [0.15, 0.2) is 36.5 Å². The maximum atomic E-state index is 12.4. The Morgan fingerprint density at radius 1 is 1.09 bits per heavy atom. The highest BCUT2D eigenvalue weighted by Gasteiger charge is 2.25. The van der Waals surface area contributed by atoms with Crippen LogP contribution in [0.5, 0.6) is 0 Å². The zero-order valence-electron chi connectivity index (χ0n) is 19.0. The number of hydrogen-bond donors (Lipinski definition) is 0. The zero-order valence-corrected chi connectivity index (χ0v) is 19.8. The number of amides is 1. The maximum Gasteiger partial charge on any atom is 0.240 e. The highest BCUT2D eigenvalue weighted by molar-refractivity contribution is 6.30. The lowest BCUT2D eigenvalue weighted by atomic mass is 10.1. The molecule has 1 aliphatic rings. The molecule has 0 saturated carbocycles. The van der Waals surface area contributed by atoms with Gasteiger partial charge in [0.05, 0.1) is 17.3 Å². The second-order valence-corrected chi connectivity index (χ2v) is 9.16. The number of hydrogen-bond acceptors (Lipinski definition) is 5. The van der Waals surface area contributed by atoms with Gasteiger partial charge in [-0.3, -0.25) is 4.79 Å². The normalized spacial score (nSPS) is 16.8. The number of carbonyl (C=O) groups excluding carboxylic acids is 1. The van der Waals surface area contributed by atoms with E-state index in [9.17, 15) is 4.79 Å². The van der Waals surface area contributed by atoms with Gasteiger partial charge in [-0.2, -0.15) is 5.10 Å². The molecule has 1 aromatic carbocycles. The van der Waals surface area contributed by atoms with Crippen molar-refractivity contribution in [2.45, 2.75) is 51.3 Å². The SMILES string of the molecule is CCCC(C)c1nc(N2CCCN(C(=O)C(C)Cl)CC2)c2cnn(-c3ccccc3)c2n1. The van der Waals surface area contributed by atoms with Gasteiger partial charge in [0.1, 0.15) is 17.0 Å². The molecule has 0 aliphatic carbocycles. The summed E-state index contributed by atoms with van der Waals surface area (Å²) in [6, 6.07) is 10.1. The third kappa shape index (κ3) is 4.58. The van der Waals surface area contributed by atoms with Crippen LogP contribution < -0.4 is 4.90 Å². The van der Waals surface area contributed by atoms with Gasteiger partial charge < -0.3 is 9.80 Å². The van der Waals surface area contributed by atoms with Gasteiger partial charge in [-0.1, -0.05) is 38.5 Å². The molecule has 1 saturated heterocycles. The first-order valence-electron chi connectivity index (χ1n) is 11.5. The number of fused-ring (bicyclic) bond motifs is 1. The lowest BCUT2D eigenvalue weighted by Crippen LogP contribution is -2.38. The zero-order chi connectivity index (χ0) is 22.7. The molecule has 3 aromatic rings. The highest BCUT2D eigenvalue weighted by atomic mass is 35.5. The van der Waals surface area contributed by atoms with Crippen LogP contribution in [0.2, 0.25) is 0 Å². The van der Waals surface area contributed by atoms with E-state index in [1.807, 2.05) is 46.1 Å². The monoisotopic (exact) mass is 454 g/mol. The summed E-state index contributed by atoms with van der Waals surface area (Å²) >= 11 is 6.06. The van der Waals surface area contributed by atoms with E-state index in [4.69, 9.17) is 21.6 Å². The minimum absolute atomic E-state index is 0.00416. The molecule has 2 atom stereocenters. The Hall–Kier alpha value is -2.67. The van der Waals surface area contributed by atoms with Crippen LogP contribution >= 0.6 is 11.6 Å². The number of benzene rings is 1. The number of alkyl halides is 1. The number of halogens is 1. The number of nitrogens with zero attached hydrogens (tertiary/aromatic N) is 6. The number of rotatable bonds is 6. The molecule has 32 heavy (non-hydrogen) atoms. The smallest absolute Gasteiger partial charge is 0.240 e. The van der Waals surface area contributed by atoms with Crippen molar-refractivity contribution in [3.05, 3.63) is 42.4 Å². The van der Waals surface area contributed by atoms with Gasteiger partial charge in [0, 0.05) is 32.1 Å². The van der Waals surface area contributed by atoms with Crippen LogP contribution in [0.3, 0.4) is 0 Å². The number of aromatic nitrogens is 4. The fourth-order valence-corrected chi connectivity index (χ4v) is 4.43. The van der Waals surface area contributed by atoms with Gasteiger partial charge in [0.2, 0.25) is 5.91 Å². The van der Waals surface area contributed by atoms with Crippen molar-refractivity contribution in [2.75, 3.05) is 31.1 Å². The number of para-hydroxylation sites is 1. The van der Waals surface area contributed by atoms with E-state index >= 15 is 0 Å². The fraction of sp³-hybridized carbons (Fsp3) is 0.500. The predicted molar refractivity (Wildman–Crippen MR) is 129 cm³/mol. The number of carbonyl (C=O) groups is 1. The first kappa shape index (κ1) is 22.5. The van der Waals surface area contributed by atoms with E-state index in [-0.39, 0.29) is 11.8 Å². The van der Waals surface area contributed by atoms with Crippen molar-refractivity contribution >= 4 is 34.4 Å². The summed E-state index contributed by atoms with van der Waals surface area (Å²) in [7, 11) is 0. The lowest BCUT2D eigenvalue weighted by Gasteiger charge is -2.24. The first-order chi connectivity index (χ1) is 15.5. The standard InChI is InChI=1S/C24H31ClN6O/c1-4-9-17(2)21-27-22(29-12-8-13-30(15-14-29)24(32)18(3)25)20-16-26-31(23(20)28-21)19-10-6-5-7-11-19/h5-7,10-11,16-18H,4,8-9,12-15H2,1-3H3. The van der Waals surface area contributed by atoms with Crippen molar-refractivity contribution in [1.29, 1.82) is 0 Å². The van der Waals surface area contributed by atoms with Gasteiger partial charge in [0.25, 0.3) is 0 Å². The Labute approximate surface area is 194 Å².